The zero-order valence-corrected chi connectivity index (χ0v) is 79.5. The van der Waals surface area contributed by atoms with Crippen molar-refractivity contribution >= 4 is 39.5 Å². The van der Waals surface area contributed by atoms with Crippen LogP contribution in [0.3, 0.4) is 0 Å². The molecule has 0 radical (unpaired) electrons. The first-order valence-corrected chi connectivity index (χ1v) is 53.4. The molecule has 0 saturated heterocycles. The molecule has 0 fully saturated rings. The van der Waals surface area contributed by atoms with Gasteiger partial charge < -0.3 is 33.8 Å². The maximum Gasteiger partial charge on any atom is 0.472 e. The molecule has 3 N–H and O–H groups in total. The van der Waals surface area contributed by atoms with E-state index in [4.69, 9.17) is 37.0 Å². The molecule has 4 unspecified atom stereocenters. The molecular weight excluding hydrogens is 1510 g/mol. The number of phosphoric acid groups is 2. The quantitative estimate of drug-likeness (QED) is 0.0222. The van der Waals surface area contributed by atoms with Crippen molar-refractivity contribution in [3.05, 3.63) is 0 Å². The van der Waals surface area contributed by atoms with Crippen LogP contribution in [0.5, 0.6) is 0 Å². The minimum Gasteiger partial charge on any atom is -0.462 e. The van der Waals surface area contributed by atoms with Gasteiger partial charge in [-0.05, 0) is 43.4 Å². The maximum atomic E-state index is 13.2. The van der Waals surface area contributed by atoms with Gasteiger partial charge in [0.2, 0.25) is 0 Å². The topological polar surface area (TPSA) is 237 Å². The fourth-order valence-corrected chi connectivity index (χ4v) is 17.0. The summed E-state index contributed by atoms with van der Waals surface area (Å²) in [6.45, 7) is 12.1. The molecule has 0 rings (SSSR count). The van der Waals surface area contributed by atoms with Gasteiger partial charge in [0.15, 0.2) is 12.2 Å². The molecule has 0 saturated carbocycles. The number of carbonyl (C=O) groups is 4. The first-order chi connectivity index (χ1) is 56.8. The summed E-state index contributed by atoms with van der Waals surface area (Å²) in [6, 6.07) is 0. The minimum absolute atomic E-state index is 0.109. The van der Waals surface area contributed by atoms with Crippen molar-refractivity contribution in [2.24, 2.45) is 17.8 Å². The van der Waals surface area contributed by atoms with Crippen molar-refractivity contribution in [2.75, 3.05) is 39.6 Å². The van der Waals surface area contributed by atoms with Crippen LogP contribution >= 0.6 is 15.6 Å². The van der Waals surface area contributed by atoms with E-state index in [1.54, 1.807) is 0 Å². The summed E-state index contributed by atoms with van der Waals surface area (Å²) in [4.78, 5) is 73.6. The highest BCUT2D eigenvalue weighted by atomic mass is 31.2. The third-order valence-electron chi connectivity index (χ3n) is 23.9. The number of esters is 4. The van der Waals surface area contributed by atoms with E-state index in [1.165, 1.54) is 340 Å². The van der Waals surface area contributed by atoms with Crippen LogP contribution < -0.4 is 0 Å². The Labute approximate surface area is 721 Å². The predicted octanol–water partition coefficient (Wildman–Crippen LogP) is 30.8. The van der Waals surface area contributed by atoms with Gasteiger partial charge in [-0.1, -0.05) is 479 Å². The summed E-state index contributed by atoms with van der Waals surface area (Å²) in [5.41, 5.74) is 0. The number of rotatable bonds is 96. The summed E-state index contributed by atoms with van der Waals surface area (Å²) in [5.74, 6) is 0.378. The molecule has 0 aliphatic rings. The van der Waals surface area contributed by atoms with Crippen molar-refractivity contribution in [1.82, 2.24) is 0 Å². The Morgan fingerprint density at radius 2 is 0.436 bits per heavy atom. The standard InChI is InChI=1S/C98H192O17P2/c1-8-11-12-13-14-15-16-17-18-19-20-21-22-23-31-36-41-46-51-60-67-75-82-98(103)115-94(86-109-96(101)80-73-66-59-54-53-55-62-69-76-89(4)5)88-113-117(106,107)111-84-92(99)83-110-116(104,105)112-87-93(114-97(102)81-74-68-61-52-47-42-37-32-27-25-29-34-39-44-49-57-64-71-78-91(7)10-3)85-108-95(100)79-72-65-58-50-45-40-35-30-26-24-28-33-38-43-48-56-63-70-77-90(6)9-2/h89-94,99H,8-88H2,1-7H3,(H,104,105)(H,106,107)/t90?,91?,92-,93-,94-/m1/s1. The summed E-state index contributed by atoms with van der Waals surface area (Å²) in [6.07, 6.45) is 83.6. The molecule has 0 aromatic carbocycles. The molecule has 0 aromatic rings. The number of aliphatic hydroxyl groups is 1. The summed E-state index contributed by atoms with van der Waals surface area (Å²) in [5, 5.41) is 10.7. The lowest BCUT2D eigenvalue weighted by Gasteiger charge is -2.21. The molecule has 0 spiro atoms. The number of carbonyl (C=O) groups excluding carboxylic acids is 4. The SMILES string of the molecule is CCCCCCCCCCCCCCCCCCCCCCCCC(=O)O[C@H](COC(=O)CCCCCCCCCCC(C)C)COP(=O)(O)OC[C@H](O)COP(=O)(O)OC[C@@H](COC(=O)CCCCCCCCCCCCCCCCCCCCC(C)CC)OC(=O)CCCCCCCCCCCCCCCCCCCCC(C)CC. The average Bonchev–Trinajstić information content (AvgIpc) is 0.899. The zero-order chi connectivity index (χ0) is 85.7. The van der Waals surface area contributed by atoms with Crippen LogP contribution in [-0.4, -0.2) is 96.7 Å². The Bertz CT molecular complexity index is 2240. The van der Waals surface area contributed by atoms with E-state index in [2.05, 4.69) is 48.5 Å². The molecule has 0 heterocycles. The molecule has 17 nitrogen and oxygen atoms in total. The number of ether oxygens (including phenoxy) is 4. The van der Waals surface area contributed by atoms with Crippen LogP contribution in [0.1, 0.15) is 530 Å². The number of unbranched alkanes of at least 4 members (excludes halogenated alkanes) is 62. The Kier molecular flexibility index (Phi) is 86.1. The number of hydrogen-bond donors (Lipinski definition) is 3. The highest BCUT2D eigenvalue weighted by Crippen LogP contribution is 2.45. The third-order valence-corrected chi connectivity index (χ3v) is 25.8. The lowest BCUT2D eigenvalue weighted by Crippen LogP contribution is -2.30. The van der Waals surface area contributed by atoms with Gasteiger partial charge in [0.05, 0.1) is 26.4 Å². The second kappa shape index (κ2) is 87.5. The normalized spacial score (nSPS) is 14.1. The predicted molar refractivity (Wildman–Crippen MR) is 488 cm³/mol. The van der Waals surface area contributed by atoms with Crippen LogP contribution in [0.25, 0.3) is 0 Å². The first-order valence-electron chi connectivity index (χ1n) is 50.4. The fraction of sp³-hybridized carbons (Fsp3) is 0.959. The number of hydrogen-bond acceptors (Lipinski definition) is 15. The zero-order valence-electron chi connectivity index (χ0n) is 77.7. The van der Waals surface area contributed by atoms with Gasteiger partial charge in [0, 0.05) is 25.7 Å². The van der Waals surface area contributed by atoms with Gasteiger partial charge in [-0.2, -0.15) is 0 Å². The van der Waals surface area contributed by atoms with Gasteiger partial charge in [-0.25, -0.2) is 9.13 Å². The van der Waals surface area contributed by atoms with E-state index in [-0.39, 0.29) is 25.7 Å². The van der Waals surface area contributed by atoms with E-state index in [9.17, 15) is 43.2 Å². The summed E-state index contributed by atoms with van der Waals surface area (Å²) in [7, 11) is -9.95. The van der Waals surface area contributed by atoms with Crippen molar-refractivity contribution in [3.63, 3.8) is 0 Å². The second-order valence-corrected chi connectivity index (χ2v) is 39.0. The molecule has 0 bridgehead atoms. The lowest BCUT2D eigenvalue weighted by molar-refractivity contribution is -0.161. The molecule has 19 heteroatoms. The van der Waals surface area contributed by atoms with Crippen LogP contribution in [0.15, 0.2) is 0 Å². The summed E-state index contributed by atoms with van der Waals surface area (Å²) >= 11 is 0. The molecule has 0 aliphatic carbocycles. The highest BCUT2D eigenvalue weighted by molar-refractivity contribution is 7.47. The summed E-state index contributed by atoms with van der Waals surface area (Å²) < 4.78 is 69.3. The van der Waals surface area contributed by atoms with Crippen LogP contribution in [0, 0.1) is 17.8 Å². The van der Waals surface area contributed by atoms with E-state index in [0.717, 1.165) is 108 Å². The van der Waals surface area contributed by atoms with Gasteiger partial charge in [0.25, 0.3) is 0 Å². The van der Waals surface area contributed by atoms with Crippen molar-refractivity contribution < 1.29 is 80.2 Å². The van der Waals surface area contributed by atoms with Crippen LogP contribution in [0.4, 0.5) is 0 Å². The molecule has 0 aliphatic heterocycles. The molecular formula is C98H192O17P2. The number of aliphatic hydroxyl groups excluding tert-OH is 1. The largest absolute Gasteiger partial charge is 0.472 e. The van der Waals surface area contributed by atoms with Gasteiger partial charge in [0.1, 0.15) is 19.3 Å². The van der Waals surface area contributed by atoms with Crippen molar-refractivity contribution in [1.29, 1.82) is 0 Å². The van der Waals surface area contributed by atoms with Crippen molar-refractivity contribution in [2.45, 2.75) is 548 Å². The van der Waals surface area contributed by atoms with Crippen LogP contribution in [0.2, 0.25) is 0 Å². The molecule has 0 amide bonds. The molecule has 7 atom stereocenters. The minimum atomic E-state index is -4.97. The van der Waals surface area contributed by atoms with Gasteiger partial charge in [-0.3, -0.25) is 37.3 Å². The maximum absolute atomic E-state index is 13.2. The van der Waals surface area contributed by atoms with E-state index >= 15 is 0 Å². The number of phosphoric ester groups is 2. The van der Waals surface area contributed by atoms with E-state index < -0.39 is 97.5 Å². The smallest absolute Gasteiger partial charge is 0.462 e. The van der Waals surface area contributed by atoms with E-state index in [0.29, 0.717) is 25.7 Å². The second-order valence-electron chi connectivity index (χ2n) is 36.1. The Hall–Kier alpha value is -1.94. The Morgan fingerprint density at radius 3 is 0.650 bits per heavy atom. The Morgan fingerprint density at radius 1 is 0.248 bits per heavy atom. The fourth-order valence-electron chi connectivity index (χ4n) is 15.4. The first kappa shape index (κ1) is 115. The molecule has 117 heavy (non-hydrogen) atoms. The van der Waals surface area contributed by atoms with E-state index in [1.807, 2.05) is 0 Å². The Balaban J connectivity index is 5.22. The van der Waals surface area contributed by atoms with Gasteiger partial charge in [-0.15, -0.1) is 0 Å². The third kappa shape index (κ3) is 88.7. The molecule has 0 aromatic heterocycles. The van der Waals surface area contributed by atoms with Gasteiger partial charge >= 0.3 is 39.5 Å². The average molecular weight is 1700 g/mol. The van der Waals surface area contributed by atoms with Crippen molar-refractivity contribution in [3.8, 4) is 0 Å². The highest BCUT2D eigenvalue weighted by Gasteiger charge is 2.31. The lowest BCUT2D eigenvalue weighted by atomic mass is 9.99. The van der Waals surface area contributed by atoms with Crippen LogP contribution in [-0.2, 0) is 65.4 Å². The molecule has 696 valence electrons. The monoisotopic (exact) mass is 1700 g/mol.